The summed E-state index contributed by atoms with van der Waals surface area (Å²) in [5.41, 5.74) is 5.60. The maximum absolute atomic E-state index is 11.9. The van der Waals surface area contributed by atoms with Crippen molar-refractivity contribution in [2.24, 2.45) is 7.05 Å². The Morgan fingerprint density at radius 2 is 1.75 bits per heavy atom. The Bertz CT molecular complexity index is 1420. The fraction of sp³-hybridized carbons (Fsp3) is 0.200. The lowest BCUT2D eigenvalue weighted by Gasteiger charge is -2.27. The third kappa shape index (κ3) is 3.17. The first-order valence-electron chi connectivity index (χ1n) is 10.5. The number of benzene rings is 2. The van der Waals surface area contributed by atoms with Gasteiger partial charge in [-0.1, -0.05) is 13.0 Å². The molecule has 5 rings (SSSR count). The molecule has 158 valence electrons. The second-order valence-corrected chi connectivity index (χ2v) is 8.18. The van der Waals surface area contributed by atoms with Crippen molar-refractivity contribution in [3.8, 4) is 22.9 Å². The maximum Gasteiger partial charge on any atom is 0.250 e. The van der Waals surface area contributed by atoms with E-state index in [4.69, 9.17) is 0 Å². The van der Waals surface area contributed by atoms with Crippen molar-refractivity contribution >= 4 is 11.4 Å². The van der Waals surface area contributed by atoms with Crippen LogP contribution in [0.15, 0.2) is 65.6 Å². The molecule has 1 aliphatic rings. The molecular weight excluding hydrogens is 400 g/mol. The van der Waals surface area contributed by atoms with Crippen LogP contribution in [0.5, 0.6) is 0 Å². The summed E-state index contributed by atoms with van der Waals surface area (Å²) in [6.07, 6.45) is 1.85. The second-order valence-electron chi connectivity index (χ2n) is 8.18. The van der Waals surface area contributed by atoms with Crippen molar-refractivity contribution in [1.82, 2.24) is 19.3 Å². The van der Waals surface area contributed by atoms with Crippen LogP contribution < -0.4 is 10.5 Å². The molecule has 0 radical (unpaired) electrons. The highest BCUT2D eigenvalue weighted by molar-refractivity contribution is 5.79. The lowest BCUT2D eigenvalue weighted by Crippen LogP contribution is -2.22. The standard InChI is InChI=1S/C25H22N6O/c1-16-14-30(21-8-4-18(13-26)5-9-21)23-12-19(20-7-11-24(32)29(3)15-20)6-10-22(23)31-17(2)27-28-25(16)31/h4-12,15-16H,14H2,1-3H3. The van der Waals surface area contributed by atoms with Gasteiger partial charge < -0.3 is 9.47 Å². The summed E-state index contributed by atoms with van der Waals surface area (Å²) in [4.78, 5) is 14.1. The zero-order valence-corrected chi connectivity index (χ0v) is 18.1. The Morgan fingerprint density at radius 3 is 2.47 bits per heavy atom. The van der Waals surface area contributed by atoms with E-state index in [0.717, 1.165) is 39.8 Å². The van der Waals surface area contributed by atoms with Crippen LogP contribution in [-0.4, -0.2) is 25.9 Å². The van der Waals surface area contributed by atoms with E-state index in [1.54, 1.807) is 17.7 Å². The molecule has 2 aromatic heterocycles. The molecule has 4 aromatic rings. The van der Waals surface area contributed by atoms with Crippen molar-refractivity contribution in [1.29, 1.82) is 5.26 Å². The summed E-state index contributed by atoms with van der Waals surface area (Å²) in [6.45, 7) is 4.83. The van der Waals surface area contributed by atoms with Gasteiger partial charge in [-0.2, -0.15) is 5.26 Å². The summed E-state index contributed by atoms with van der Waals surface area (Å²) < 4.78 is 3.71. The van der Waals surface area contributed by atoms with Gasteiger partial charge in [0.25, 0.3) is 0 Å². The van der Waals surface area contributed by atoms with Gasteiger partial charge in [0.2, 0.25) is 5.56 Å². The highest BCUT2D eigenvalue weighted by Crippen LogP contribution is 2.40. The van der Waals surface area contributed by atoms with Crippen LogP contribution in [0.4, 0.5) is 11.4 Å². The molecule has 0 bridgehead atoms. The van der Waals surface area contributed by atoms with Gasteiger partial charge in [-0.3, -0.25) is 9.36 Å². The summed E-state index contributed by atoms with van der Waals surface area (Å²) in [6, 6.07) is 19.6. The minimum Gasteiger partial charge on any atom is -0.339 e. The first-order valence-corrected chi connectivity index (χ1v) is 10.5. The number of pyridine rings is 1. The summed E-state index contributed by atoms with van der Waals surface area (Å²) >= 11 is 0. The monoisotopic (exact) mass is 422 g/mol. The molecule has 1 atom stereocenters. The third-order valence-corrected chi connectivity index (χ3v) is 5.98. The van der Waals surface area contributed by atoms with Gasteiger partial charge in [0.15, 0.2) is 0 Å². The number of nitrogens with zero attached hydrogens (tertiary/aromatic N) is 6. The fourth-order valence-electron chi connectivity index (χ4n) is 4.28. The predicted molar refractivity (Wildman–Crippen MR) is 123 cm³/mol. The number of anilines is 2. The van der Waals surface area contributed by atoms with Crippen LogP contribution in [-0.2, 0) is 7.05 Å². The molecule has 0 spiro atoms. The average molecular weight is 422 g/mol. The molecule has 2 aromatic carbocycles. The highest BCUT2D eigenvalue weighted by Gasteiger charge is 2.28. The van der Waals surface area contributed by atoms with Crippen LogP contribution >= 0.6 is 0 Å². The molecule has 0 fully saturated rings. The number of hydrogen-bond acceptors (Lipinski definition) is 5. The molecule has 0 saturated carbocycles. The molecule has 3 heterocycles. The van der Waals surface area contributed by atoms with Gasteiger partial charge in [-0.15, -0.1) is 10.2 Å². The topological polar surface area (TPSA) is 79.7 Å². The van der Waals surface area contributed by atoms with Crippen molar-refractivity contribution in [2.45, 2.75) is 19.8 Å². The zero-order chi connectivity index (χ0) is 22.4. The predicted octanol–water partition coefficient (Wildman–Crippen LogP) is 4.07. The number of rotatable bonds is 2. The van der Waals surface area contributed by atoms with Crippen molar-refractivity contribution in [3.05, 3.63) is 88.4 Å². The van der Waals surface area contributed by atoms with Crippen molar-refractivity contribution in [3.63, 3.8) is 0 Å². The Balaban J connectivity index is 1.73. The van der Waals surface area contributed by atoms with E-state index in [9.17, 15) is 10.1 Å². The van der Waals surface area contributed by atoms with Gasteiger partial charge in [-0.05, 0) is 60.5 Å². The Labute approximate surface area is 185 Å². The van der Waals surface area contributed by atoms with E-state index in [1.165, 1.54) is 0 Å². The average Bonchev–Trinajstić information content (AvgIpc) is 3.14. The van der Waals surface area contributed by atoms with E-state index in [0.29, 0.717) is 12.1 Å². The Hall–Kier alpha value is -4.18. The maximum atomic E-state index is 11.9. The number of aromatic nitrogens is 4. The SMILES string of the molecule is Cc1nnc2n1-c1ccc(-c3ccc(=O)n(C)c3)cc1N(c1ccc(C#N)cc1)CC2C. The van der Waals surface area contributed by atoms with Gasteiger partial charge >= 0.3 is 0 Å². The zero-order valence-electron chi connectivity index (χ0n) is 18.1. The van der Waals surface area contributed by atoms with Crippen LogP contribution in [0.25, 0.3) is 16.8 Å². The van der Waals surface area contributed by atoms with Gasteiger partial charge in [-0.25, -0.2) is 0 Å². The molecule has 0 aliphatic carbocycles. The number of hydrogen-bond donors (Lipinski definition) is 0. The summed E-state index contributed by atoms with van der Waals surface area (Å²) in [5, 5.41) is 18.0. The minimum atomic E-state index is -0.0405. The second kappa shape index (κ2) is 7.50. The molecular formula is C25H22N6O. The van der Waals surface area contributed by atoms with Gasteiger partial charge in [0.1, 0.15) is 11.6 Å². The molecule has 7 nitrogen and oxygen atoms in total. The van der Waals surface area contributed by atoms with Crippen LogP contribution in [0.3, 0.4) is 0 Å². The number of fused-ring (bicyclic) bond motifs is 3. The number of aryl methyl sites for hydroxylation is 2. The van der Waals surface area contributed by atoms with Crippen LogP contribution in [0.1, 0.15) is 30.1 Å². The van der Waals surface area contributed by atoms with Crippen molar-refractivity contribution < 1.29 is 0 Å². The van der Waals surface area contributed by atoms with Gasteiger partial charge in [0.05, 0.1) is 23.0 Å². The minimum absolute atomic E-state index is 0.0405. The van der Waals surface area contributed by atoms with Crippen molar-refractivity contribution in [2.75, 3.05) is 11.4 Å². The fourth-order valence-corrected chi connectivity index (χ4v) is 4.28. The molecule has 0 N–H and O–H groups in total. The lowest BCUT2D eigenvalue weighted by molar-refractivity contribution is 0.696. The van der Waals surface area contributed by atoms with Crippen LogP contribution in [0.2, 0.25) is 0 Å². The number of nitriles is 1. The molecule has 1 unspecified atom stereocenters. The van der Waals surface area contributed by atoms with E-state index in [-0.39, 0.29) is 11.5 Å². The van der Waals surface area contributed by atoms with E-state index < -0.39 is 0 Å². The smallest absolute Gasteiger partial charge is 0.250 e. The molecule has 0 amide bonds. The van der Waals surface area contributed by atoms with E-state index >= 15 is 0 Å². The highest BCUT2D eigenvalue weighted by atomic mass is 16.1. The molecule has 7 heteroatoms. The molecule has 32 heavy (non-hydrogen) atoms. The normalized spacial score (nSPS) is 14.9. The Morgan fingerprint density at radius 1 is 1.00 bits per heavy atom. The first-order chi connectivity index (χ1) is 15.5. The quantitative estimate of drug-likeness (QED) is 0.487. The van der Waals surface area contributed by atoms with Gasteiger partial charge in [0, 0.05) is 37.5 Å². The molecule has 0 saturated heterocycles. The largest absolute Gasteiger partial charge is 0.339 e. The summed E-state index contributed by atoms with van der Waals surface area (Å²) in [5.74, 6) is 1.90. The van der Waals surface area contributed by atoms with Crippen LogP contribution in [0, 0.1) is 18.3 Å². The third-order valence-electron chi connectivity index (χ3n) is 5.98. The Kier molecular flexibility index (Phi) is 4.63. The first kappa shape index (κ1) is 19.8. The van der Waals surface area contributed by atoms with E-state index in [1.807, 2.05) is 43.5 Å². The summed E-state index contributed by atoms with van der Waals surface area (Å²) in [7, 11) is 1.76. The molecule has 1 aliphatic heterocycles. The van der Waals surface area contributed by atoms with E-state index in [2.05, 4.69) is 50.9 Å². The lowest BCUT2D eigenvalue weighted by atomic mass is 10.0.